The van der Waals surface area contributed by atoms with Crippen molar-refractivity contribution in [2.75, 3.05) is 33.0 Å². The Bertz CT molecular complexity index is 969. The van der Waals surface area contributed by atoms with E-state index in [4.69, 9.17) is 9.47 Å². The van der Waals surface area contributed by atoms with Crippen molar-refractivity contribution in [1.82, 2.24) is 9.80 Å². The second-order valence-electron chi connectivity index (χ2n) is 8.58. The highest BCUT2D eigenvalue weighted by Crippen LogP contribution is 2.50. The molecule has 1 saturated carbocycles. The van der Waals surface area contributed by atoms with Crippen molar-refractivity contribution in [1.29, 1.82) is 0 Å². The van der Waals surface area contributed by atoms with E-state index < -0.39 is 0 Å². The van der Waals surface area contributed by atoms with E-state index in [-0.39, 0.29) is 36.4 Å². The van der Waals surface area contributed by atoms with E-state index in [2.05, 4.69) is 6.92 Å². The molecule has 2 aromatic carbocycles. The minimum atomic E-state index is -0.109. The third kappa shape index (κ3) is 3.87. The number of amides is 2. The third-order valence-corrected chi connectivity index (χ3v) is 6.74. The van der Waals surface area contributed by atoms with Crippen molar-refractivity contribution in [3.63, 3.8) is 0 Å². The smallest absolute Gasteiger partial charge is 0.231 e. The van der Waals surface area contributed by atoms with Crippen LogP contribution in [0.3, 0.4) is 0 Å². The molecule has 1 saturated heterocycles. The number of rotatable bonds is 5. The highest BCUT2D eigenvalue weighted by Gasteiger charge is 2.46. The number of carbonyl (C=O) groups is 2. The van der Waals surface area contributed by atoms with Crippen molar-refractivity contribution >= 4 is 11.8 Å². The zero-order valence-corrected chi connectivity index (χ0v) is 17.8. The summed E-state index contributed by atoms with van der Waals surface area (Å²) in [7, 11) is 0. The summed E-state index contributed by atoms with van der Waals surface area (Å²) in [5.74, 6) is 2.11. The first-order valence-corrected chi connectivity index (χ1v) is 11.2. The van der Waals surface area contributed by atoms with Crippen LogP contribution in [0.25, 0.3) is 0 Å². The topological polar surface area (TPSA) is 59.1 Å². The Morgan fingerprint density at radius 2 is 1.68 bits per heavy atom. The number of ether oxygens (including phenoxy) is 2. The van der Waals surface area contributed by atoms with Gasteiger partial charge in [0, 0.05) is 32.1 Å². The molecule has 0 N–H and O–H groups in total. The molecule has 2 heterocycles. The van der Waals surface area contributed by atoms with E-state index in [9.17, 15) is 9.59 Å². The summed E-state index contributed by atoms with van der Waals surface area (Å²) in [5.41, 5.74) is 2.21. The summed E-state index contributed by atoms with van der Waals surface area (Å²) < 4.78 is 10.8. The fourth-order valence-corrected chi connectivity index (χ4v) is 4.82. The molecule has 0 radical (unpaired) electrons. The zero-order valence-electron chi connectivity index (χ0n) is 17.8. The molecule has 0 bridgehead atoms. The zero-order chi connectivity index (χ0) is 21.4. The van der Waals surface area contributed by atoms with Gasteiger partial charge < -0.3 is 19.3 Å². The Balaban J connectivity index is 1.16. The Kier molecular flexibility index (Phi) is 5.30. The molecule has 2 fully saturated rings. The highest BCUT2D eigenvalue weighted by atomic mass is 16.7. The maximum absolute atomic E-state index is 13.1. The lowest BCUT2D eigenvalue weighted by Gasteiger charge is -2.36. The Morgan fingerprint density at radius 1 is 0.968 bits per heavy atom. The third-order valence-electron chi connectivity index (χ3n) is 6.74. The van der Waals surface area contributed by atoms with Crippen molar-refractivity contribution in [3.8, 4) is 11.5 Å². The minimum absolute atomic E-state index is 0.0373. The molecule has 6 nitrogen and oxygen atoms in total. The van der Waals surface area contributed by atoms with E-state index in [0.717, 1.165) is 35.5 Å². The molecule has 162 valence electrons. The number of hydrogen-bond acceptors (Lipinski definition) is 4. The summed E-state index contributed by atoms with van der Waals surface area (Å²) in [6.07, 6.45) is 1.66. The van der Waals surface area contributed by atoms with Crippen LogP contribution >= 0.6 is 0 Å². The normalized spacial score (nSPS) is 22.9. The van der Waals surface area contributed by atoms with Crippen molar-refractivity contribution in [2.45, 2.75) is 31.6 Å². The summed E-state index contributed by atoms with van der Waals surface area (Å²) in [6.45, 7) is 4.75. The molecule has 3 aliphatic rings. The van der Waals surface area contributed by atoms with Crippen molar-refractivity contribution in [2.24, 2.45) is 5.92 Å². The van der Waals surface area contributed by atoms with E-state index >= 15 is 0 Å². The average Bonchev–Trinajstić information content (AvgIpc) is 3.48. The second-order valence-corrected chi connectivity index (χ2v) is 8.58. The van der Waals surface area contributed by atoms with Gasteiger partial charge in [-0.2, -0.15) is 0 Å². The SMILES string of the molecule is CCC(C(=O)N1CCN(C(=O)C2CC2c2ccc3c(c2)OCO3)CC1)c1ccccc1. The van der Waals surface area contributed by atoms with Gasteiger partial charge in [-0.3, -0.25) is 9.59 Å². The number of nitrogens with zero attached hydrogens (tertiary/aromatic N) is 2. The first kappa shape index (κ1) is 19.9. The van der Waals surface area contributed by atoms with E-state index in [1.165, 1.54) is 0 Å². The summed E-state index contributed by atoms with van der Waals surface area (Å²) in [5, 5.41) is 0. The van der Waals surface area contributed by atoms with Gasteiger partial charge in [0.15, 0.2) is 11.5 Å². The first-order chi connectivity index (χ1) is 15.2. The molecule has 3 unspecified atom stereocenters. The van der Waals surface area contributed by atoms with Crippen LogP contribution < -0.4 is 9.47 Å². The Hall–Kier alpha value is -3.02. The van der Waals surface area contributed by atoms with Crippen molar-refractivity contribution in [3.05, 3.63) is 59.7 Å². The number of fused-ring (bicyclic) bond motifs is 1. The molecule has 1 aliphatic carbocycles. The molecule has 0 spiro atoms. The van der Waals surface area contributed by atoms with Crippen molar-refractivity contribution < 1.29 is 19.1 Å². The summed E-state index contributed by atoms with van der Waals surface area (Å²) in [6, 6.07) is 16.0. The lowest BCUT2D eigenvalue weighted by molar-refractivity contribution is -0.141. The van der Waals surface area contributed by atoms with Crippen LogP contribution in [0.15, 0.2) is 48.5 Å². The molecule has 2 aliphatic heterocycles. The number of hydrogen-bond donors (Lipinski definition) is 0. The summed E-state index contributed by atoms with van der Waals surface area (Å²) in [4.78, 5) is 30.0. The van der Waals surface area contributed by atoms with Crippen LogP contribution in [0.4, 0.5) is 0 Å². The fraction of sp³-hybridized carbons (Fsp3) is 0.440. The molecular formula is C25H28N2O4. The van der Waals surface area contributed by atoms with Gasteiger partial charge >= 0.3 is 0 Å². The van der Waals surface area contributed by atoms with E-state index in [0.29, 0.717) is 26.2 Å². The maximum Gasteiger partial charge on any atom is 0.231 e. The molecule has 2 amide bonds. The quantitative estimate of drug-likeness (QED) is 0.744. The number of piperazine rings is 1. The van der Waals surface area contributed by atoms with Gasteiger partial charge in [-0.15, -0.1) is 0 Å². The molecule has 5 rings (SSSR count). The predicted octanol–water partition coefficient (Wildman–Crippen LogP) is 3.38. The van der Waals surface area contributed by atoms with Gasteiger partial charge in [-0.05, 0) is 42.0 Å². The Labute approximate surface area is 182 Å². The average molecular weight is 421 g/mol. The van der Waals surface area contributed by atoms with E-state index in [1.807, 2.05) is 58.3 Å². The lowest BCUT2D eigenvalue weighted by atomic mass is 9.95. The van der Waals surface area contributed by atoms with Crippen LogP contribution in [0.5, 0.6) is 11.5 Å². The van der Waals surface area contributed by atoms with Crippen LogP contribution in [-0.4, -0.2) is 54.6 Å². The predicted molar refractivity (Wildman–Crippen MR) is 116 cm³/mol. The fourth-order valence-electron chi connectivity index (χ4n) is 4.82. The molecule has 2 aromatic rings. The lowest BCUT2D eigenvalue weighted by Crippen LogP contribution is -2.52. The van der Waals surface area contributed by atoms with Gasteiger partial charge in [-0.1, -0.05) is 43.3 Å². The van der Waals surface area contributed by atoms with Gasteiger partial charge in [0.25, 0.3) is 0 Å². The van der Waals surface area contributed by atoms with Gasteiger partial charge in [0.1, 0.15) is 0 Å². The first-order valence-electron chi connectivity index (χ1n) is 11.2. The molecule has 3 atom stereocenters. The Morgan fingerprint density at radius 3 is 2.42 bits per heavy atom. The van der Waals surface area contributed by atoms with E-state index in [1.54, 1.807) is 0 Å². The summed E-state index contributed by atoms with van der Waals surface area (Å²) >= 11 is 0. The highest BCUT2D eigenvalue weighted by molar-refractivity contribution is 5.85. The van der Waals surface area contributed by atoms with Gasteiger partial charge in [0.05, 0.1) is 5.92 Å². The van der Waals surface area contributed by atoms with Crippen LogP contribution in [0.1, 0.15) is 42.7 Å². The monoisotopic (exact) mass is 420 g/mol. The molecule has 0 aromatic heterocycles. The van der Waals surface area contributed by atoms with Gasteiger partial charge in [-0.25, -0.2) is 0 Å². The largest absolute Gasteiger partial charge is 0.454 e. The van der Waals surface area contributed by atoms with Gasteiger partial charge in [0.2, 0.25) is 18.6 Å². The molecular weight excluding hydrogens is 392 g/mol. The minimum Gasteiger partial charge on any atom is -0.454 e. The molecule has 31 heavy (non-hydrogen) atoms. The van der Waals surface area contributed by atoms with Crippen LogP contribution in [0, 0.1) is 5.92 Å². The van der Waals surface area contributed by atoms with Crippen LogP contribution in [-0.2, 0) is 9.59 Å². The second kappa shape index (κ2) is 8.25. The number of carbonyl (C=O) groups excluding carboxylic acids is 2. The molecule has 6 heteroatoms. The maximum atomic E-state index is 13.1. The standard InChI is InChI=1S/C25H28N2O4/c1-2-19(17-6-4-3-5-7-17)24(28)26-10-12-27(13-11-26)25(29)21-15-20(21)18-8-9-22-23(14-18)31-16-30-22/h3-9,14,19-21H,2,10-13,15-16H2,1H3. The van der Waals surface area contributed by atoms with Crippen LogP contribution in [0.2, 0.25) is 0 Å². The number of benzene rings is 2.